The van der Waals surface area contributed by atoms with Crippen LogP contribution in [0.3, 0.4) is 0 Å². The SMILES string of the molecule is O=C(c1nn(-c2ccc(F)cc2)c2c1CCC2)N1CCOCC1. The molecule has 0 atom stereocenters. The summed E-state index contributed by atoms with van der Waals surface area (Å²) in [4.78, 5) is 14.6. The molecular formula is C17H18FN3O2. The van der Waals surface area contributed by atoms with Crippen LogP contribution in [0.1, 0.15) is 28.2 Å². The minimum Gasteiger partial charge on any atom is -0.378 e. The van der Waals surface area contributed by atoms with Crippen molar-refractivity contribution in [3.05, 3.63) is 47.0 Å². The summed E-state index contributed by atoms with van der Waals surface area (Å²) in [7, 11) is 0. The van der Waals surface area contributed by atoms with Gasteiger partial charge in [0.05, 0.1) is 18.9 Å². The third-order valence-electron chi connectivity index (χ3n) is 4.50. The minimum absolute atomic E-state index is 0.0210. The number of morpholine rings is 1. The van der Waals surface area contributed by atoms with Crippen molar-refractivity contribution < 1.29 is 13.9 Å². The maximum Gasteiger partial charge on any atom is 0.274 e. The molecule has 0 N–H and O–H groups in total. The number of halogens is 1. The number of carbonyl (C=O) groups excluding carboxylic acids is 1. The Bertz CT molecular complexity index is 733. The lowest BCUT2D eigenvalue weighted by Gasteiger charge is -2.26. The summed E-state index contributed by atoms with van der Waals surface area (Å²) in [6, 6.07) is 6.23. The molecule has 1 aromatic carbocycles. The average molecular weight is 315 g/mol. The highest BCUT2D eigenvalue weighted by Crippen LogP contribution is 2.28. The topological polar surface area (TPSA) is 47.4 Å². The number of ether oxygens (including phenoxy) is 1. The molecule has 0 radical (unpaired) electrons. The molecule has 2 heterocycles. The van der Waals surface area contributed by atoms with Gasteiger partial charge in [-0.05, 0) is 43.5 Å². The largest absolute Gasteiger partial charge is 0.378 e. The highest BCUT2D eigenvalue weighted by Gasteiger charge is 2.30. The molecule has 5 nitrogen and oxygen atoms in total. The van der Waals surface area contributed by atoms with Gasteiger partial charge in [-0.3, -0.25) is 4.79 Å². The van der Waals surface area contributed by atoms with Gasteiger partial charge in [0.2, 0.25) is 0 Å². The number of benzene rings is 1. The van der Waals surface area contributed by atoms with Crippen LogP contribution in [-0.2, 0) is 17.6 Å². The van der Waals surface area contributed by atoms with Crippen molar-refractivity contribution in [2.45, 2.75) is 19.3 Å². The van der Waals surface area contributed by atoms with Crippen molar-refractivity contribution in [3.8, 4) is 5.69 Å². The van der Waals surface area contributed by atoms with Crippen molar-refractivity contribution >= 4 is 5.91 Å². The summed E-state index contributed by atoms with van der Waals surface area (Å²) in [6.45, 7) is 2.37. The van der Waals surface area contributed by atoms with Crippen molar-refractivity contribution in [2.24, 2.45) is 0 Å². The van der Waals surface area contributed by atoms with Crippen LogP contribution in [-0.4, -0.2) is 46.9 Å². The Morgan fingerprint density at radius 2 is 1.87 bits per heavy atom. The maximum atomic E-state index is 13.2. The Labute approximate surface area is 133 Å². The van der Waals surface area contributed by atoms with Gasteiger partial charge in [0.25, 0.3) is 5.91 Å². The molecule has 0 saturated carbocycles. The number of fused-ring (bicyclic) bond motifs is 1. The standard InChI is InChI=1S/C17H18FN3O2/c18-12-4-6-13(7-5-12)21-15-3-1-2-14(15)16(19-21)17(22)20-8-10-23-11-9-20/h4-7H,1-3,8-11H2. The Morgan fingerprint density at radius 1 is 1.13 bits per heavy atom. The molecule has 4 rings (SSSR count). The molecule has 0 unspecified atom stereocenters. The zero-order chi connectivity index (χ0) is 15.8. The quantitative estimate of drug-likeness (QED) is 0.851. The van der Waals surface area contributed by atoms with Gasteiger partial charge in [-0.2, -0.15) is 5.10 Å². The van der Waals surface area contributed by atoms with Gasteiger partial charge < -0.3 is 9.64 Å². The van der Waals surface area contributed by atoms with E-state index < -0.39 is 0 Å². The highest BCUT2D eigenvalue weighted by molar-refractivity contribution is 5.94. The normalized spacial score (nSPS) is 17.3. The average Bonchev–Trinajstić information content (AvgIpc) is 3.18. The minimum atomic E-state index is -0.276. The Morgan fingerprint density at radius 3 is 2.61 bits per heavy atom. The zero-order valence-corrected chi connectivity index (χ0v) is 12.8. The molecule has 0 spiro atoms. The summed E-state index contributed by atoms with van der Waals surface area (Å²) in [5.74, 6) is -0.297. The van der Waals surface area contributed by atoms with Gasteiger partial charge in [0, 0.05) is 24.3 Å². The van der Waals surface area contributed by atoms with E-state index in [1.54, 1.807) is 21.7 Å². The van der Waals surface area contributed by atoms with E-state index in [0.717, 1.165) is 36.2 Å². The van der Waals surface area contributed by atoms with Gasteiger partial charge in [-0.15, -0.1) is 0 Å². The first-order chi connectivity index (χ1) is 11.2. The number of aromatic nitrogens is 2. The fourth-order valence-corrected chi connectivity index (χ4v) is 3.32. The van der Waals surface area contributed by atoms with E-state index in [1.165, 1.54) is 12.1 Å². The smallest absolute Gasteiger partial charge is 0.274 e. The lowest BCUT2D eigenvalue weighted by Crippen LogP contribution is -2.41. The van der Waals surface area contributed by atoms with Crippen LogP contribution in [0, 0.1) is 5.82 Å². The van der Waals surface area contributed by atoms with E-state index >= 15 is 0 Å². The first-order valence-electron chi connectivity index (χ1n) is 7.98. The molecular weight excluding hydrogens is 297 g/mol. The van der Waals surface area contributed by atoms with Crippen LogP contribution in [0.4, 0.5) is 4.39 Å². The second kappa shape index (κ2) is 5.77. The number of nitrogens with zero attached hydrogens (tertiary/aromatic N) is 3. The van der Waals surface area contributed by atoms with Gasteiger partial charge in [-0.1, -0.05) is 0 Å². The first kappa shape index (κ1) is 14.4. The van der Waals surface area contributed by atoms with Crippen LogP contribution in [0.5, 0.6) is 0 Å². The summed E-state index contributed by atoms with van der Waals surface area (Å²) >= 11 is 0. The van der Waals surface area contributed by atoms with Crippen LogP contribution >= 0.6 is 0 Å². The molecule has 1 fully saturated rings. The summed E-state index contributed by atoms with van der Waals surface area (Å²) in [5.41, 5.74) is 3.47. The number of hydrogen-bond donors (Lipinski definition) is 0. The monoisotopic (exact) mass is 315 g/mol. The predicted molar refractivity (Wildman–Crippen MR) is 82.3 cm³/mol. The molecule has 120 valence electrons. The molecule has 1 aromatic heterocycles. The maximum absolute atomic E-state index is 13.2. The van der Waals surface area contributed by atoms with Crippen LogP contribution in [0.2, 0.25) is 0 Å². The van der Waals surface area contributed by atoms with Gasteiger partial charge in [-0.25, -0.2) is 9.07 Å². The van der Waals surface area contributed by atoms with E-state index in [2.05, 4.69) is 5.10 Å². The second-order valence-electron chi connectivity index (χ2n) is 5.92. The van der Waals surface area contributed by atoms with E-state index in [-0.39, 0.29) is 11.7 Å². The number of amides is 1. The van der Waals surface area contributed by atoms with E-state index in [1.807, 2.05) is 0 Å². The van der Waals surface area contributed by atoms with Crippen molar-refractivity contribution in [1.82, 2.24) is 14.7 Å². The third-order valence-corrected chi connectivity index (χ3v) is 4.50. The molecule has 23 heavy (non-hydrogen) atoms. The summed E-state index contributed by atoms with van der Waals surface area (Å²) in [5, 5.41) is 4.57. The Kier molecular flexibility index (Phi) is 3.61. The number of carbonyl (C=O) groups is 1. The molecule has 0 bridgehead atoms. The van der Waals surface area contributed by atoms with E-state index in [0.29, 0.717) is 32.0 Å². The van der Waals surface area contributed by atoms with Crippen molar-refractivity contribution in [3.63, 3.8) is 0 Å². The van der Waals surface area contributed by atoms with Gasteiger partial charge in [0.15, 0.2) is 5.69 Å². The van der Waals surface area contributed by atoms with Crippen LogP contribution < -0.4 is 0 Å². The summed E-state index contributed by atoms with van der Waals surface area (Å²) in [6.07, 6.45) is 2.80. The lowest BCUT2D eigenvalue weighted by molar-refractivity contribution is 0.0298. The van der Waals surface area contributed by atoms with Crippen molar-refractivity contribution in [1.29, 1.82) is 0 Å². The van der Waals surface area contributed by atoms with E-state index in [4.69, 9.17) is 4.74 Å². The first-order valence-corrected chi connectivity index (χ1v) is 7.98. The summed E-state index contributed by atoms with van der Waals surface area (Å²) < 4.78 is 20.3. The molecule has 2 aromatic rings. The second-order valence-corrected chi connectivity index (χ2v) is 5.92. The molecule has 6 heteroatoms. The molecule has 2 aliphatic rings. The van der Waals surface area contributed by atoms with E-state index in [9.17, 15) is 9.18 Å². The highest BCUT2D eigenvalue weighted by atomic mass is 19.1. The van der Waals surface area contributed by atoms with Gasteiger partial charge >= 0.3 is 0 Å². The van der Waals surface area contributed by atoms with Gasteiger partial charge in [0.1, 0.15) is 5.82 Å². The lowest BCUT2D eigenvalue weighted by atomic mass is 10.2. The predicted octanol–water partition coefficient (Wildman–Crippen LogP) is 1.97. The molecule has 1 saturated heterocycles. The Hall–Kier alpha value is -2.21. The molecule has 1 amide bonds. The number of hydrogen-bond acceptors (Lipinski definition) is 3. The van der Waals surface area contributed by atoms with Crippen LogP contribution in [0.15, 0.2) is 24.3 Å². The molecule has 1 aliphatic heterocycles. The Balaban J connectivity index is 1.72. The van der Waals surface area contributed by atoms with Crippen molar-refractivity contribution in [2.75, 3.05) is 26.3 Å². The number of rotatable bonds is 2. The molecule has 1 aliphatic carbocycles. The fraction of sp³-hybridized carbons (Fsp3) is 0.412. The fourth-order valence-electron chi connectivity index (χ4n) is 3.32. The zero-order valence-electron chi connectivity index (χ0n) is 12.8. The van der Waals surface area contributed by atoms with Crippen LogP contribution in [0.25, 0.3) is 5.69 Å². The third kappa shape index (κ3) is 2.53.